The van der Waals surface area contributed by atoms with E-state index in [0.717, 1.165) is 12.8 Å². The van der Waals surface area contributed by atoms with Gasteiger partial charge in [-0.2, -0.15) is 0 Å². The topological polar surface area (TPSA) is 55.1 Å². The summed E-state index contributed by atoms with van der Waals surface area (Å²) in [6.07, 6.45) is 2.21. The van der Waals surface area contributed by atoms with Gasteiger partial charge >= 0.3 is 0 Å². The molecule has 0 aromatic carbocycles. The van der Waals surface area contributed by atoms with Crippen molar-refractivity contribution in [3.63, 3.8) is 0 Å². The predicted octanol–water partition coefficient (Wildman–Crippen LogP) is 3.50. The summed E-state index contributed by atoms with van der Waals surface area (Å²) < 4.78 is 26.2. The van der Waals surface area contributed by atoms with Crippen LogP contribution in [0.15, 0.2) is 0 Å². The molecule has 22 heavy (non-hydrogen) atoms. The van der Waals surface area contributed by atoms with Crippen LogP contribution in [0.3, 0.4) is 0 Å². The Morgan fingerprint density at radius 2 is 1.68 bits per heavy atom. The van der Waals surface area contributed by atoms with E-state index in [1.165, 1.54) is 0 Å². The van der Waals surface area contributed by atoms with E-state index in [2.05, 4.69) is 26.1 Å². The fourth-order valence-corrected chi connectivity index (χ4v) is 3.65. The molecule has 0 heterocycles. The third-order valence-electron chi connectivity index (χ3n) is 6.12. The molecule has 0 aromatic rings. The van der Waals surface area contributed by atoms with Crippen molar-refractivity contribution in [3.05, 3.63) is 0 Å². The first kappa shape index (κ1) is 19.6. The highest BCUT2D eigenvalue weighted by molar-refractivity contribution is 5.85. The molecule has 130 valence electrons. The highest BCUT2D eigenvalue weighted by Gasteiger charge is 2.49. The summed E-state index contributed by atoms with van der Waals surface area (Å²) in [7, 11) is 0. The van der Waals surface area contributed by atoms with Crippen molar-refractivity contribution in [1.82, 2.24) is 5.32 Å². The van der Waals surface area contributed by atoms with Crippen LogP contribution >= 0.6 is 12.4 Å². The number of hydrogen-bond donors (Lipinski definition) is 2. The van der Waals surface area contributed by atoms with Gasteiger partial charge in [0.25, 0.3) is 0 Å². The van der Waals surface area contributed by atoms with Gasteiger partial charge in [0.2, 0.25) is 11.8 Å². The first-order valence-corrected chi connectivity index (χ1v) is 8.00. The Morgan fingerprint density at radius 3 is 2.14 bits per heavy atom. The predicted molar refractivity (Wildman–Crippen MR) is 86.3 cm³/mol. The molecule has 1 amide bonds. The summed E-state index contributed by atoms with van der Waals surface area (Å²) in [6, 6.07) is 0. The molecule has 0 saturated heterocycles. The number of nitrogens with two attached hydrogens (primary N) is 1. The van der Waals surface area contributed by atoms with Gasteiger partial charge in [0.05, 0.1) is 0 Å². The first-order valence-electron chi connectivity index (χ1n) is 8.00. The summed E-state index contributed by atoms with van der Waals surface area (Å²) >= 11 is 0. The number of halogens is 3. The van der Waals surface area contributed by atoms with Gasteiger partial charge in [-0.1, -0.05) is 13.8 Å². The van der Waals surface area contributed by atoms with Crippen LogP contribution in [0, 0.1) is 17.3 Å². The minimum atomic E-state index is -2.58. The molecule has 2 rings (SSSR count). The van der Waals surface area contributed by atoms with Gasteiger partial charge in [0.1, 0.15) is 0 Å². The van der Waals surface area contributed by atoms with Gasteiger partial charge in [0, 0.05) is 30.8 Å². The van der Waals surface area contributed by atoms with Gasteiger partial charge in [-0.3, -0.25) is 4.79 Å². The number of carbonyl (C=O) groups is 1. The molecule has 0 bridgehead atoms. The van der Waals surface area contributed by atoms with Gasteiger partial charge < -0.3 is 11.1 Å². The van der Waals surface area contributed by atoms with Crippen LogP contribution in [0.25, 0.3) is 0 Å². The molecule has 3 N–H and O–H groups in total. The monoisotopic (exact) mass is 338 g/mol. The summed E-state index contributed by atoms with van der Waals surface area (Å²) in [5, 5.41) is 2.98. The van der Waals surface area contributed by atoms with Gasteiger partial charge in [-0.05, 0) is 43.9 Å². The quantitative estimate of drug-likeness (QED) is 0.827. The lowest BCUT2D eigenvalue weighted by molar-refractivity contribution is -0.129. The number of hydrogen-bond acceptors (Lipinski definition) is 2. The smallest absolute Gasteiger partial charge is 0.248 e. The zero-order valence-electron chi connectivity index (χ0n) is 13.8. The minimum Gasteiger partial charge on any atom is -0.356 e. The molecule has 0 aromatic heterocycles. The zero-order chi connectivity index (χ0) is 15.9. The third-order valence-corrected chi connectivity index (χ3v) is 6.12. The molecule has 2 saturated carbocycles. The van der Waals surface area contributed by atoms with Crippen molar-refractivity contribution < 1.29 is 13.6 Å². The summed E-state index contributed by atoms with van der Waals surface area (Å²) in [4.78, 5) is 12.2. The van der Waals surface area contributed by atoms with Gasteiger partial charge in [0.15, 0.2) is 0 Å². The van der Waals surface area contributed by atoms with Crippen molar-refractivity contribution >= 4 is 18.3 Å². The Morgan fingerprint density at radius 1 is 1.14 bits per heavy atom. The van der Waals surface area contributed by atoms with Gasteiger partial charge in [-0.25, -0.2) is 8.78 Å². The van der Waals surface area contributed by atoms with Crippen molar-refractivity contribution in [3.8, 4) is 0 Å². The molecular weight excluding hydrogens is 310 g/mol. The molecule has 2 atom stereocenters. The number of alkyl halides is 2. The van der Waals surface area contributed by atoms with Crippen molar-refractivity contribution in [1.29, 1.82) is 0 Å². The standard InChI is InChI=1S/C16H28F2N2O.ClH/c1-14(2)12(6-7-15(14,3)19)10-20-13(21)11-4-8-16(17,18)9-5-11;/h11-12H,4-10,19H2,1-3H3,(H,20,21);1H/t12-,15-;/m1./s1. The second-order valence-corrected chi connectivity index (χ2v) is 7.75. The molecule has 2 fully saturated rings. The summed E-state index contributed by atoms with van der Waals surface area (Å²) in [5.74, 6) is -2.54. The van der Waals surface area contributed by atoms with E-state index >= 15 is 0 Å². The van der Waals surface area contributed by atoms with Crippen LogP contribution in [0.5, 0.6) is 0 Å². The van der Waals surface area contributed by atoms with E-state index in [1.807, 2.05) is 0 Å². The van der Waals surface area contributed by atoms with Crippen LogP contribution in [-0.4, -0.2) is 23.9 Å². The van der Waals surface area contributed by atoms with Crippen LogP contribution in [0.1, 0.15) is 59.3 Å². The second-order valence-electron chi connectivity index (χ2n) is 7.75. The zero-order valence-corrected chi connectivity index (χ0v) is 14.6. The molecule has 0 unspecified atom stereocenters. The van der Waals surface area contributed by atoms with E-state index in [0.29, 0.717) is 25.3 Å². The van der Waals surface area contributed by atoms with Gasteiger partial charge in [-0.15, -0.1) is 12.4 Å². The minimum absolute atomic E-state index is 0. The second kappa shape index (κ2) is 6.60. The Balaban J connectivity index is 0.00000242. The Labute approximate surface area is 138 Å². The molecular formula is C16H29ClF2N2O. The fraction of sp³-hybridized carbons (Fsp3) is 0.938. The number of amides is 1. The van der Waals surface area contributed by atoms with Crippen LogP contribution in [-0.2, 0) is 4.79 Å². The lowest BCUT2D eigenvalue weighted by Crippen LogP contribution is -2.50. The summed E-state index contributed by atoms with van der Waals surface area (Å²) in [5.41, 5.74) is 6.09. The highest BCUT2D eigenvalue weighted by Crippen LogP contribution is 2.48. The SMILES string of the molecule is CC1(C)[C@@H](CNC(=O)C2CCC(F)(F)CC2)CC[C@@]1(C)N.Cl. The highest BCUT2D eigenvalue weighted by atomic mass is 35.5. The normalized spacial score (nSPS) is 34.0. The molecule has 0 spiro atoms. The third kappa shape index (κ3) is 3.91. The van der Waals surface area contributed by atoms with Crippen molar-refractivity contribution in [2.75, 3.05) is 6.54 Å². The number of nitrogens with one attached hydrogen (secondary N) is 1. The fourth-order valence-electron chi connectivity index (χ4n) is 3.65. The van der Waals surface area contributed by atoms with E-state index in [-0.39, 0.29) is 48.0 Å². The maximum Gasteiger partial charge on any atom is 0.248 e. The van der Waals surface area contributed by atoms with Crippen LogP contribution in [0.4, 0.5) is 8.78 Å². The molecule has 2 aliphatic carbocycles. The maximum absolute atomic E-state index is 13.1. The van der Waals surface area contributed by atoms with E-state index in [4.69, 9.17) is 5.73 Å². The average molecular weight is 339 g/mol. The lowest BCUT2D eigenvalue weighted by Gasteiger charge is -2.39. The van der Waals surface area contributed by atoms with E-state index in [9.17, 15) is 13.6 Å². The van der Waals surface area contributed by atoms with Crippen LogP contribution < -0.4 is 11.1 Å². The van der Waals surface area contributed by atoms with E-state index in [1.54, 1.807) is 0 Å². The van der Waals surface area contributed by atoms with Crippen molar-refractivity contribution in [2.45, 2.75) is 70.8 Å². The average Bonchev–Trinajstić information content (AvgIpc) is 2.57. The lowest BCUT2D eigenvalue weighted by atomic mass is 9.72. The van der Waals surface area contributed by atoms with Crippen molar-refractivity contribution in [2.24, 2.45) is 23.0 Å². The van der Waals surface area contributed by atoms with Crippen LogP contribution in [0.2, 0.25) is 0 Å². The molecule has 0 radical (unpaired) electrons. The summed E-state index contributed by atoms with van der Waals surface area (Å²) in [6.45, 7) is 6.97. The number of rotatable bonds is 3. The molecule has 0 aliphatic heterocycles. The Bertz CT molecular complexity index is 403. The largest absolute Gasteiger partial charge is 0.356 e. The molecule has 6 heteroatoms. The molecule has 3 nitrogen and oxygen atoms in total. The Hall–Kier alpha value is -0.420. The van der Waals surface area contributed by atoms with E-state index < -0.39 is 5.92 Å². The number of carbonyl (C=O) groups excluding carboxylic acids is 1. The maximum atomic E-state index is 13.1. The Kier molecular flexibility index (Phi) is 5.89. The first-order chi connectivity index (χ1) is 9.55. The molecule has 2 aliphatic rings.